The maximum Gasteiger partial charge on any atom is 0.115 e. The van der Waals surface area contributed by atoms with Gasteiger partial charge in [0.05, 0.1) is 11.7 Å². The van der Waals surface area contributed by atoms with Crippen LogP contribution in [0.5, 0.6) is 5.75 Å². The highest BCUT2D eigenvalue weighted by Crippen LogP contribution is 2.21. The van der Waals surface area contributed by atoms with Crippen LogP contribution in [0.3, 0.4) is 0 Å². The number of aromatic hydroxyl groups is 1. The van der Waals surface area contributed by atoms with Gasteiger partial charge < -0.3 is 10.4 Å². The third-order valence-corrected chi connectivity index (χ3v) is 3.18. The third-order valence-electron chi connectivity index (χ3n) is 3.18. The highest BCUT2D eigenvalue weighted by Gasteiger charge is 2.14. The second-order valence-corrected chi connectivity index (χ2v) is 4.69. The van der Waals surface area contributed by atoms with E-state index in [9.17, 15) is 5.11 Å². The zero-order valence-electron chi connectivity index (χ0n) is 11.4. The summed E-state index contributed by atoms with van der Waals surface area (Å²) in [5.41, 5.74) is 3.37. The van der Waals surface area contributed by atoms with Gasteiger partial charge in [0.2, 0.25) is 0 Å². The number of aromatic nitrogens is 1. The third kappa shape index (κ3) is 3.55. The Labute approximate surface area is 114 Å². The van der Waals surface area contributed by atoms with Crippen molar-refractivity contribution in [3.8, 4) is 5.75 Å². The average molecular weight is 256 g/mol. The van der Waals surface area contributed by atoms with Crippen molar-refractivity contribution >= 4 is 0 Å². The fourth-order valence-electron chi connectivity index (χ4n) is 2.29. The molecule has 0 bridgehead atoms. The predicted molar refractivity (Wildman–Crippen MR) is 77.2 cm³/mol. The van der Waals surface area contributed by atoms with Gasteiger partial charge in [-0.15, -0.1) is 0 Å². The summed E-state index contributed by atoms with van der Waals surface area (Å²) in [7, 11) is 0. The Morgan fingerprint density at radius 2 is 2.11 bits per heavy atom. The van der Waals surface area contributed by atoms with Crippen LogP contribution < -0.4 is 5.32 Å². The Morgan fingerprint density at radius 1 is 1.26 bits per heavy atom. The molecule has 1 atom stereocenters. The number of pyridine rings is 1. The molecule has 0 radical (unpaired) electrons. The lowest BCUT2D eigenvalue weighted by Crippen LogP contribution is -2.24. The van der Waals surface area contributed by atoms with Crippen LogP contribution in [0.15, 0.2) is 42.6 Å². The van der Waals surface area contributed by atoms with E-state index in [4.69, 9.17) is 0 Å². The number of phenolic OH excluding ortho intramolecular Hbond substituents is 1. The number of hydrogen-bond donors (Lipinski definition) is 2. The molecule has 2 rings (SSSR count). The normalized spacial score (nSPS) is 12.3. The molecule has 0 aliphatic rings. The van der Waals surface area contributed by atoms with Crippen LogP contribution in [0.25, 0.3) is 0 Å². The summed E-state index contributed by atoms with van der Waals surface area (Å²) in [6.07, 6.45) is 2.65. The summed E-state index contributed by atoms with van der Waals surface area (Å²) in [4.78, 5) is 4.49. The minimum atomic E-state index is 0.174. The van der Waals surface area contributed by atoms with Crippen LogP contribution in [0.1, 0.15) is 29.8 Å². The Balaban J connectivity index is 2.24. The van der Waals surface area contributed by atoms with E-state index in [0.717, 1.165) is 24.2 Å². The van der Waals surface area contributed by atoms with Crippen molar-refractivity contribution in [2.75, 3.05) is 6.54 Å². The molecule has 1 aromatic heterocycles. The molecule has 0 fully saturated rings. The number of nitrogens with zero attached hydrogens (tertiary/aromatic N) is 1. The number of likely N-dealkylation sites (N-methyl/N-ethyl adjacent to an activating group) is 1. The van der Waals surface area contributed by atoms with Gasteiger partial charge >= 0.3 is 0 Å². The van der Waals surface area contributed by atoms with E-state index in [0.29, 0.717) is 5.75 Å². The number of phenols is 1. The van der Waals surface area contributed by atoms with E-state index in [1.807, 2.05) is 30.5 Å². The van der Waals surface area contributed by atoms with E-state index in [1.165, 1.54) is 5.56 Å². The van der Waals surface area contributed by atoms with Crippen molar-refractivity contribution in [2.24, 2.45) is 0 Å². The molecule has 1 unspecified atom stereocenters. The highest BCUT2D eigenvalue weighted by molar-refractivity contribution is 5.30. The van der Waals surface area contributed by atoms with Crippen molar-refractivity contribution in [3.63, 3.8) is 0 Å². The predicted octanol–water partition coefficient (Wildman–Crippen LogP) is 2.99. The maximum atomic E-state index is 9.54. The zero-order valence-corrected chi connectivity index (χ0v) is 11.4. The van der Waals surface area contributed by atoms with Gasteiger partial charge in [0.1, 0.15) is 5.75 Å². The smallest absolute Gasteiger partial charge is 0.115 e. The number of rotatable bonds is 5. The average Bonchev–Trinajstić information content (AvgIpc) is 2.39. The molecule has 19 heavy (non-hydrogen) atoms. The Kier molecular flexibility index (Phi) is 4.53. The van der Waals surface area contributed by atoms with Crippen LogP contribution >= 0.6 is 0 Å². The van der Waals surface area contributed by atoms with Gasteiger partial charge in [0.15, 0.2) is 0 Å². The number of benzene rings is 1. The summed E-state index contributed by atoms with van der Waals surface area (Å²) in [5, 5.41) is 13.0. The first-order chi connectivity index (χ1) is 9.20. The molecule has 0 spiro atoms. The molecule has 2 N–H and O–H groups in total. The topological polar surface area (TPSA) is 45.1 Å². The van der Waals surface area contributed by atoms with Crippen molar-refractivity contribution < 1.29 is 5.11 Å². The molecule has 0 aliphatic carbocycles. The standard InChI is InChI=1S/C16H20N2O/c1-3-17-15(16-12(2)6-5-9-18-16)11-13-7-4-8-14(19)10-13/h4-10,15,17,19H,3,11H2,1-2H3. The van der Waals surface area contributed by atoms with E-state index in [2.05, 4.69) is 30.2 Å². The summed E-state index contributed by atoms with van der Waals surface area (Å²) >= 11 is 0. The molecule has 0 amide bonds. The molecule has 0 saturated carbocycles. The van der Waals surface area contributed by atoms with Crippen LogP contribution in [-0.4, -0.2) is 16.6 Å². The molecule has 0 aliphatic heterocycles. The first kappa shape index (κ1) is 13.6. The van der Waals surface area contributed by atoms with Gasteiger partial charge in [-0.3, -0.25) is 4.98 Å². The lowest BCUT2D eigenvalue weighted by molar-refractivity contribution is 0.473. The molecular formula is C16H20N2O. The monoisotopic (exact) mass is 256 g/mol. The van der Waals surface area contributed by atoms with Gasteiger partial charge in [-0.2, -0.15) is 0 Å². The summed E-state index contributed by atoms with van der Waals surface area (Å²) in [6, 6.07) is 11.6. The largest absolute Gasteiger partial charge is 0.508 e. The maximum absolute atomic E-state index is 9.54. The van der Waals surface area contributed by atoms with Crippen molar-refractivity contribution in [3.05, 3.63) is 59.4 Å². The van der Waals surface area contributed by atoms with E-state index in [1.54, 1.807) is 6.07 Å². The Bertz CT molecular complexity index is 540. The molecule has 3 nitrogen and oxygen atoms in total. The van der Waals surface area contributed by atoms with Gasteiger partial charge in [-0.05, 0) is 49.2 Å². The minimum Gasteiger partial charge on any atom is -0.508 e. The highest BCUT2D eigenvalue weighted by atomic mass is 16.3. The molecule has 0 saturated heterocycles. The van der Waals surface area contributed by atoms with Crippen molar-refractivity contribution in [2.45, 2.75) is 26.3 Å². The van der Waals surface area contributed by atoms with Gasteiger partial charge in [-0.25, -0.2) is 0 Å². The Hall–Kier alpha value is -1.87. The summed E-state index contributed by atoms with van der Waals surface area (Å²) in [5.74, 6) is 0.311. The Morgan fingerprint density at radius 3 is 2.79 bits per heavy atom. The fourth-order valence-corrected chi connectivity index (χ4v) is 2.29. The lowest BCUT2D eigenvalue weighted by atomic mass is 10.00. The molecular weight excluding hydrogens is 236 g/mol. The SMILES string of the molecule is CCNC(Cc1cccc(O)c1)c1ncccc1C. The molecule has 2 aromatic rings. The fraction of sp³-hybridized carbons (Fsp3) is 0.312. The van der Waals surface area contributed by atoms with Crippen molar-refractivity contribution in [1.82, 2.24) is 10.3 Å². The van der Waals surface area contributed by atoms with Crippen molar-refractivity contribution in [1.29, 1.82) is 0 Å². The first-order valence-electron chi connectivity index (χ1n) is 6.63. The second kappa shape index (κ2) is 6.34. The van der Waals surface area contributed by atoms with Gasteiger partial charge in [-0.1, -0.05) is 25.1 Å². The van der Waals surface area contributed by atoms with Crippen LogP contribution in [0, 0.1) is 6.92 Å². The first-order valence-corrected chi connectivity index (χ1v) is 6.63. The van der Waals surface area contributed by atoms with Crippen LogP contribution in [0.2, 0.25) is 0 Å². The summed E-state index contributed by atoms with van der Waals surface area (Å²) < 4.78 is 0. The lowest BCUT2D eigenvalue weighted by Gasteiger charge is -2.19. The second-order valence-electron chi connectivity index (χ2n) is 4.69. The van der Waals surface area contributed by atoms with E-state index >= 15 is 0 Å². The molecule has 1 heterocycles. The van der Waals surface area contributed by atoms with Gasteiger partial charge in [0.25, 0.3) is 0 Å². The molecule has 100 valence electrons. The summed E-state index contributed by atoms with van der Waals surface area (Å²) in [6.45, 7) is 5.06. The van der Waals surface area contributed by atoms with E-state index < -0.39 is 0 Å². The number of hydrogen-bond acceptors (Lipinski definition) is 3. The quantitative estimate of drug-likeness (QED) is 0.864. The van der Waals surface area contributed by atoms with Crippen LogP contribution in [-0.2, 0) is 6.42 Å². The van der Waals surface area contributed by atoms with E-state index in [-0.39, 0.29) is 6.04 Å². The molecule has 3 heteroatoms. The number of aryl methyl sites for hydroxylation is 1. The number of nitrogens with one attached hydrogen (secondary N) is 1. The van der Waals surface area contributed by atoms with Gasteiger partial charge in [0, 0.05) is 6.20 Å². The minimum absolute atomic E-state index is 0.174. The molecule has 1 aromatic carbocycles. The zero-order chi connectivity index (χ0) is 13.7. The van der Waals surface area contributed by atoms with Crippen LogP contribution in [0.4, 0.5) is 0 Å².